The highest BCUT2D eigenvalue weighted by atomic mass is 16.6. The minimum Gasteiger partial charge on any atom is -0.467 e. The molecule has 1 unspecified atom stereocenters. The number of carbonyl (C=O) groups is 4. The number of ketones is 2. The summed E-state index contributed by atoms with van der Waals surface area (Å²) in [6.45, 7) is 7.35. The molecular weight excluding hydrogens is 448 g/mol. The molecule has 1 aliphatic heterocycles. The van der Waals surface area contributed by atoms with E-state index in [4.69, 9.17) is 9.47 Å². The van der Waals surface area contributed by atoms with Crippen LogP contribution in [0.2, 0.25) is 0 Å². The second-order valence-electron chi connectivity index (χ2n) is 10.1. The summed E-state index contributed by atoms with van der Waals surface area (Å²) in [7, 11) is 1.26. The summed E-state index contributed by atoms with van der Waals surface area (Å²) in [5.74, 6) is -1.08. The molecule has 0 saturated carbocycles. The Morgan fingerprint density at radius 2 is 1.57 bits per heavy atom. The number of amides is 1. The fraction of sp³-hybridized carbons (Fsp3) is 0.407. The number of hydrogen-bond donors (Lipinski definition) is 1. The van der Waals surface area contributed by atoms with Gasteiger partial charge in [0.1, 0.15) is 5.60 Å². The number of fused-ring (bicyclic) bond motifs is 2. The predicted molar refractivity (Wildman–Crippen MR) is 130 cm³/mol. The summed E-state index contributed by atoms with van der Waals surface area (Å²) < 4.78 is 10.5. The quantitative estimate of drug-likeness (QED) is 0.568. The van der Waals surface area contributed by atoms with Crippen LogP contribution in [0.5, 0.6) is 0 Å². The maximum Gasteiger partial charge on any atom is 0.408 e. The number of rotatable bonds is 4. The zero-order valence-corrected chi connectivity index (χ0v) is 20.6. The molecule has 0 spiro atoms. The first kappa shape index (κ1) is 24.4. The Kier molecular flexibility index (Phi) is 6.17. The van der Waals surface area contributed by atoms with E-state index in [0.29, 0.717) is 40.9 Å². The van der Waals surface area contributed by atoms with Crippen molar-refractivity contribution in [2.24, 2.45) is 0 Å². The summed E-state index contributed by atoms with van der Waals surface area (Å²) in [5, 5.41) is 2.73. The van der Waals surface area contributed by atoms with E-state index in [1.807, 2.05) is 4.90 Å². The van der Waals surface area contributed by atoms with Crippen LogP contribution in [0.25, 0.3) is 0 Å². The number of ether oxygens (including phenoxy) is 2. The number of benzene rings is 2. The number of esters is 1. The normalized spacial score (nSPS) is 18.9. The summed E-state index contributed by atoms with van der Waals surface area (Å²) in [5.41, 5.74) is -0.282. The van der Waals surface area contributed by atoms with Gasteiger partial charge in [-0.1, -0.05) is 36.4 Å². The van der Waals surface area contributed by atoms with Crippen molar-refractivity contribution in [3.05, 3.63) is 64.7 Å². The maximum absolute atomic E-state index is 13.6. The monoisotopic (exact) mass is 478 g/mol. The summed E-state index contributed by atoms with van der Waals surface area (Å²) in [6, 6.07) is 11.4. The molecular formula is C27H30N2O6. The van der Waals surface area contributed by atoms with Crippen molar-refractivity contribution >= 4 is 29.3 Å². The molecule has 4 rings (SSSR count). The molecule has 2 aromatic rings. The van der Waals surface area contributed by atoms with Crippen LogP contribution in [0, 0.1) is 0 Å². The fourth-order valence-electron chi connectivity index (χ4n) is 5.02. The smallest absolute Gasteiger partial charge is 0.408 e. The summed E-state index contributed by atoms with van der Waals surface area (Å²) in [4.78, 5) is 54.4. The second kappa shape index (κ2) is 8.83. The highest BCUT2D eigenvalue weighted by molar-refractivity contribution is 6.30. The zero-order chi connectivity index (χ0) is 25.5. The van der Waals surface area contributed by atoms with E-state index < -0.39 is 29.2 Å². The molecule has 1 fully saturated rings. The van der Waals surface area contributed by atoms with Crippen molar-refractivity contribution in [3.63, 3.8) is 0 Å². The van der Waals surface area contributed by atoms with Crippen molar-refractivity contribution in [3.8, 4) is 0 Å². The van der Waals surface area contributed by atoms with Crippen molar-refractivity contribution < 1.29 is 28.7 Å². The minimum absolute atomic E-state index is 0.213. The average Bonchev–Trinajstić information content (AvgIpc) is 3.30. The SMILES string of the molecule is COC(=O)[C@](C)(NC(=O)OC(C)(C)C)C1CCCN1c1cccc2c1C(=O)c1ccccc1C2=O. The van der Waals surface area contributed by atoms with Crippen molar-refractivity contribution in [2.45, 2.75) is 57.7 Å². The molecule has 1 heterocycles. The third kappa shape index (κ3) is 4.29. The largest absolute Gasteiger partial charge is 0.467 e. The van der Waals surface area contributed by atoms with Crippen LogP contribution >= 0.6 is 0 Å². The molecule has 2 atom stereocenters. The number of carbonyl (C=O) groups excluding carboxylic acids is 4. The van der Waals surface area contributed by atoms with Crippen LogP contribution in [0.3, 0.4) is 0 Å². The van der Waals surface area contributed by atoms with Gasteiger partial charge in [-0.3, -0.25) is 9.59 Å². The van der Waals surface area contributed by atoms with E-state index in [1.54, 1.807) is 70.2 Å². The van der Waals surface area contributed by atoms with Gasteiger partial charge in [-0.25, -0.2) is 9.59 Å². The maximum atomic E-state index is 13.6. The summed E-state index contributed by atoms with van der Waals surface area (Å²) >= 11 is 0. The Bertz CT molecular complexity index is 1210. The first-order chi connectivity index (χ1) is 16.5. The van der Waals surface area contributed by atoms with Crippen LogP contribution in [-0.2, 0) is 14.3 Å². The van der Waals surface area contributed by atoms with E-state index in [0.717, 1.165) is 6.42 Å². The highest BCUT2D eigenvalue weighted by Crippen LogP contribution is 2.39. The number of methoxy groups -OCH3 is 1. The lowest BCUT2D eigenvalue weighted by atomic mass is 9.82. The number of anilines is 1. The van der Waals surface area contributed by atoms with Gasteiger partial charge in [0.25, 0.3) is 0 Å². The van der Waals surface area contributed by atoms with Gasteiger partial charge < -0.3 is 19.7 Å². The Morgan fingerprint density at radius 3 is 2.20 bits per heavy atom. The van der Waals surface area contributed by atoms with Gasteiger partial charge in [-0.2, -0.15) is 0 Å². The van der Waals surface area contributed by atoms with E-state index in [-0.39, 0.29) is 11.6 Å². The van der Waals surface area contributed by atoms with Crippen LogP contribution in [0.15, 0.2) is 42.5 Å². The Labute approximate surface area is 204 Å². The molecule has 1 saturated heterocycles. The molecule has 1 amide bonds. The van der Waals surface area contributed by atoms with Gasteiger partial charge in [0.15, 0.2) is 17.1 Å². The standard InChI is InChI=1S/C27H30N2O6/c1-26(2,3)35-25(33)28-27(4,24(32)34-5)20-14-9-15-29(20)19-13-8-12-18-21(19)23(31)17-11-7-6-10-16(17)22(18)30/h6-8,10-13,20H,9,14-15H2,1-5H3,(H,28,33)/t20?,27-/m1/s1. The van der Waals surface area contributed by atoms with Gasteiger partial charge in [0.2, 0.25) is 0 Å². The molecule has 8 heteroatoms. The topological polar surface area (TPSA) is 102 Å². The molecule has 0 aromatic heterocycles. The molecule has 0 radical (unpaired) electrons. The number of nitrogens with zero attached hydrogens (tertiary/aromatic N) is 1. The Hall–Kier alpha value is -3.68. The summed E-state index contributed by atoms with van der Waals surface area (Å²) in [6.07, 6.45) is 0.534. The van der Waals surface area contributed by atoms with Gasteiger partial charge in [-0.15, -0.1) is 0 Å². The van der Waals surface area contributed by atoms with Gasteiger partial charge in [0.05, 0.1) is 18.7 Å². The third-order valence-electron chi connectivity index (χ3n) is 6.53. The lowest BCUT2D eigenvalue weighted by Gasteiger charge is -2.40. The molecule has 0 bridgehead atoms. The van der Waals surface area contributed by atoms with E-state index in [9.17, 15) is 19.2 Å². The van der Waals surface area contributed by atoms with Crippen LogP contribution in [-0.4, -0.2) is 54.5 Å². The van der Waals surface area contributed by atoms with Crippen LogP contribution in [0.4, 0.5) is 10.5 Å². The molecule has 1 aliphatic carbocycles. The van der Waals surface area contributed by atoms with E-state index >= 15 is 0 Å². The molecule has 2 aromatic carbocycles. The first-order valence-corrected chi connectivity index (χ1v) is 11.7. The van der Waals surface area contributed by atoms with Crippen molar-refractivity contribution in [1.29, 1.82) is 0 Å². The predicted octanol–water partition coefficient (Wildman–Crippen LogP) is 3.89. The van der Waals surface area contributed by atoms with Crippen LogP contribution in [0.1, 0.15) is 72.4 Å². The molecule has 8 nitrogen and oxygen atoms in total. The van der Waals surface area contributed by atoms with Crippen molar-refractivity contribution in [1.82, 2.24) is 5.32 Å². The molecule has 2 aliphatic rings. The number of nitrogens with one attached hydrogen (secondary N) is 1. The zero-order valence-electron chi connectivity index (χ0n) is 20.6. The van der Waals surface area contributed by atoms with Crippen molar-refractivity contribution in [2.75, 3.05) is 18.6 Å². The molecule has 35 heavy (non-hydrogen) atoms. The molecule has 1 N–H and O–H groups in total. The third-order valence-corrected chi connectivity index (χ3v) is 6.53. The first-order valence-electron chi connectivity index (χ1n) is 11.7. The van der Waals surface area contributed by atoms with E-state index in [1.165, 1.54) is 7.11 Å². The van der Waals surface area contributed by atoms with Crippen LogP contribution < -0.4 is 10.2 Å². The average molecular weight is 479 g/mol. The number of alkyl carbamates (subject to hydrolysis) is 1. The lowest BCUT2D eigenvalue weighted by Crippen LogP contribution is -2.64. The minimum atomic E-state index is -1.46. The second-order valence-corrected chi connectivity index (χ2v) is 10.1. The molecule has 184 valence electrons. The van der Waals surface area contributed by atoms with Gasteiger partial charge in [-0.05, 0) is 46.6 Å². The van der Waals surface area contributed by atoms with E-state index in [2.05, 4.69) is 5.32 Å². The highest BCUT2D eigenvalue weighted by Gasteiger charge is 2.50. The van der Waals surface area contributed by atoms with Gasteiger partial charge in [0, 0.05) is 28.9 Å². The number of hydrogen-bond acceptors (Lipinski definition) is 7. The Morgan fingerprint density at radius 1 is 0.943 bits per heavy atom. The lowest BCUT2D eigenvalue weighted by molar-refractivity contribution is -0.148. The van der Waals surface area contributed by atoms with Gasteiger partial charge >= 0.3 is 12.1 Å². The fourth-order valence-corrected chi connectivity index (χ4v) is 5.02. The Balaban J connectivity index is 1.77.